The molecule has 0 aliphatic heterocycles. The van der Waals surface area contributed by atoms with Gasteiger partial charge in [0.25, 0.3) is 0 Å². The van der Waals surface area contributed by atoms with Crippen LogP contribution in [0.4, 0.5) is 0 Å². The standard InChI is InChI=1S/C8H10N4OS/c13-2-1-7-4-12(11-10-7)5-8-3-9-6-14-8/h3-4,6,13H,1-2,5H2. The van der Waals surface area contributed by atoms with Crippen LogP contribution < -0.4 is 0 Å². The fraction of sp³-hybridized carbons (Fsp3) is 0.375. The Bertz CT molecular complexity index is 384. The zero-order valence-electron chi connectivity index (χ0n) is 7.50. The number of thiazole rings is 1. The van der Waals surface area contributed by atoms with Gasteiger partial charge in [-0.15, -0.1) is 16.4 Å². The van der Waals surface area contributed by atoms with Crippen molar-refractivity contribution in [2.75, 3.05) is 6.61 Å². The minimum atomic E-state index is 0.110. The van der Waals surface area contributed by atoms with Crippen LogP contribution >= 0.6 is 11.3 Å². The molecular formula is C8H10N4OS. The third kappa shape index (κ3) is 2.15. The van der Waals surface area contributed by atoms with E-state index in [2.05, 4.69) is 15.3 Å². The van der Waals surface area contributed by atoms with Crippen LogP contribution in [0.1, 0.15) is 10.6 Å². The Kier molecular flexibility index (Phi) is 2.85. The maximum absolute atomic E-state index is 8.70. The molecule has 5 nitrogen and oxygen atoms in total. The van der Waals surface area contributed by atoms with E-state index in [1.807, 2.05) is 12.4 Å². The molecule has 0 atom stereocenters. The number of aliphatic hydroxyl groups is 1. The van der Waals surface area contributed by atoms with Crippen molar-refractivity contribution in [1.29, 1.82) is 0 Å². The van der Waals surface area contributed by atoms with Crippen LogP contribution in [0.3, 0.4) is 0 Å². The van der Waals surface area contributed by atoms with E-state index in [1.165, 1.54) is 0 Å². The van der Waals surface area contributed by atoms with Crippen molar-refractivity contribution >= 4 is 11.3 Å². The van der Waals surface area contributed by atoms with Crippen molar-refractivity contribution in [1.82, 2.24) is 20.0 Å². The minimum absolute atomic E-state index is 0.110. The first kappa shape index (κ1) is 9.29. The van der Waals surface area contributed by atoms with Gasteiger partial charge < -0.3 is 5.11 Å². The molecule has 1 N–H and O–H groups in total. The third-order valence-corrected chi connectivity index (χ3v) is 2.52. The number of rotatable bonds is 4. The Morgan fingerprint density at radius 3 is 3.14 bits per heavy atom. The molecule has 0 aliphatic rings. The Balaban J connectivity index is 2.03. The molecule has 0 aliphatic carbocycles. The zero-order chi connectivity index (χ0) is 9.80. The highest BCUT2D eigenvalue weighted by Gasteiger charge is 2.01. The molecule has 0 amide bonds. The lowest BCUT2D eigenvalue weighted by Crippen LogP contribution is -1.98. The molecule has 74 valence electrons. The maximum Gasteiger partial charge on any atom is 0.0850 e. The normalized spacial score (nSPS) is 10.6. The van der Waals surface area contributed by atoms with Gasteiger partial charge >= 0.3 is 0 Å². The second-order valence-electron chi connectivity index (χ2n) is 2.85. The Morgan fingerprint density at radius 2 is 2.43 bits per heavy atom. The minimum Gasteiger partial charge on any atom is -0.396 e. The lowest BCUT2D eigenvalue weighted by atomic mass is 10.3. The predicted molar refractivity (Wildman–Crippen MR) is 52.0 cm³/mol. The Labute approximate surface area is 85.0 Å². The summed E-state index contributed by atoms with van der Waals surface area (Å²) in [5.41, 5.74) is 2.61. The molecule has 2 heterocycles. The van der Waals surface area contributed by atoms with Crippen molar-refractivity contribution in [2.24, 2.45) is 0 Å². The Hall–Kier alpha value is -1.27. The molecule has 2 aromatic rings. The van der Waals surface area contributed by atoms with Gasteiger partial charge in [-0.25, -0.2) is 4.68 Å². The summed E-state index contributed by atoms with van der Waals surface area (Å²) in [4.78, 5) is 5.12. The first-order valence-electron chi connectivity index (χ1n) is 4.25. The highest BCUT2D eigenvalue weighted by Crippen LogP contribution is 2.07. The first-order chi connectivity index (χ1) is 6.88. The number of nitrogens with zero attached hydrogens (tertiary/aromatic N) is 4. The maximum atomic E-state index is 8.70. The molecule has 0 aromatic carbocycles. The van der Waals surface area contributed by atoms with Gasteiger partial charge in [0.1, 0.15) is 0 Å². The molecule has 14 heavy (non-hydrogen) atoms. The number of hydrogen-bond acceptors (Lipinski definition) is 5. The second-order valence-corrected chi connectivity index (χ2v) is 3.82. The number of aromatic nitrogens is 4. The molecule has 0 saturated carbocycles. The van der Waals surface area contributed by atoms with Crippen LogP contribution in [0.2, 0.25) is 0 Å². The van der Waals surface area contributed by atoms with Crippen LogP contribution in [0, 0.1) is 0 Å². The summed E-state index contributed by atoms with van der Waals surface area (Å²) in [5, 5.41) is 16.6. The SMILES string of the molecule is OCCc1cn(Cc2cncs2)nn1. The molecular weight excluding hydrogens is 200 g/mol. The second kappa shape index (κ2) is 4.30. The van der Waals surface area contributed by atoms with Crippen LogP contribution in [0.15, 0.2) is 17.9 Å². The van der Waals surface area contributed by atoms with Crippen molar-refractivity contribution in [2.45, 2.75) is 13.0 Å². The van der Waals surface area contributed by atoms with E-state index in [1.54, 1.807) is 21.5 Å². The van der Waals surface area contributed by atoms with Crippen LogP contribution in [-0.4, -0.2) is 31.7 Å². The summed E-state index contributed by atoms with van der Waals surface area (Å²) in [7, 11) is 0. The summed E-state index contributed by atoms with van der Waals surface area (Å²) in [6, 6.07) is 0. The highest BCUT2D eigenvalue weighted by molar-refractivity contribution is 7.09. The molecule has 2 aromatic heterocycles. The molecule has 2 rings (SSSR count). The van der Waals surface area contributed by atoms with Crippen molar-refractivity contribution in [3.05, 3.63) is 28.5 Å². The molecule has 0 fully saturated rings. The fourth-order valence-corrected chi connectivity index (χ4v) is 1.71. The van der Waals surface area contributed by atoms with E-state index in [4.69, 9.17) is 5.11 Å². The molecule has 0 bridgehead atoms. The van der Waals surface area contributed by atoms with Gasteiger partial charge in [0, 0.05) is 30.3 Å². The molecule has 6 heteroatoms. The van der Waals surface area contributed by atoms with Gasteiger partial charge in [-0.05, 0) is 0 Å². The van der Waals surface area contributed by atoms with E-state index in [0.717, 1.165) is 10.6 Å². The summed E-state index contributed by atoms with van der Waals surface area (Å²) in [6.07, 6.45) is 4.22. The van der Waals surface area contributed by atoms with Gasteiger partial charge in [-0.1, -0.05) is 5.21 Å². The van der Waals surface area contributed by atoms with Gasteiger partial charge in [0.15, 0.2) is 0 Å². The summed E-state index contributed by atoms with van der Waals surface area (Å²) in [5.74, 6) is 0. The van der Waals surface area contributed by atoms with Crippen LogP contribution in [0.25, 0.3) is 0 Å². The smallest absolute Gasteiger partial charge is 0.0850 e. The van der Waals surface area contributed by atoms with E-state index in [-0.39, 0.29) is 6.61 Å². The van der Waals surface area contributed by atoms with E-state index < -0.39 is 0 Å². The van der Waals surface area contributed by atoms with Crippen molar-refractivity contribution in [3.63, 3.8) is 0 Å². The quantitative estimate of drug-likeness (QED) is 0.789. The van der Waals surface area contributed by atoms with Crippen LogP contribution in [0.5, 0.6) is 0 Å². The molecule has 0 radical (unpaired) electrons. The highest BCUT2D eigenvalue weighted by atomic mass is 32.1. The molecule has 0 spiro atoms. The van der Waals surface area contributed by atoms with E-state index >= 15 is 0 Å². The molecule has 0 unspecified atom stereocenters. The van der Waals surface area contributed by atoms with Gasteiger partial charge in [-0.3, -0.25) is 4.98 Å². The van der Waals surface area contributed by atoms with E-state index in [9.17, 15) is 0 Å². The van der Waals surface area contributed by atoms with Gasteiger partial charge in [0.05, 0.1) is 17.7 Å². The van der Waals surface area contributed by atoms with Crippen LogP contribution in [-0.2, 0) is 13.0 Å². The zero-order valence-corrected chi connectivity index (χ0v) is 8.31. The third-order valence-electron chi connectivity index (χ3n) is 1.76. The van der Waals surface area contributed by atoms with Crippen molar-refractivity contribution < 1.29 is 5.11 Å². The predicted octanol–water partition coefficient (Wildman–Crippen LogP) is 0.318. The lowest BCUT2D eigenvalue weighted by Gasteiger charge is -1.93. The number of aliphatic hydroxyl groups excluding tert-OH is 1. The van der Waals surface area contributed by atoms with E-state index in [0.29, 0.717) is 13.0 Å². The largest absolute Gasteiger partial charge is 0.396 e. The summed E-state index contributed by atoms with van der Waals surface area (Å²) in [6.45, 7) is 0.808. The monoisotopic (exact) mass is 210 g/mol. The summed E-state index contributed by atoms with van der Waals surface area (Å²) < 4.78 is 1.75. The van der Waals surface area contributed by atoms with Gasteiger partial charge in [-0.2, -0.15) is 0 Å². The lowest BCUT2D eigenvalue weighted by molar-refractivity contribution is 0.298. The average Bonchev–Trinajstić information content (AvgIpc) is 2.79. The van der Waals surface area contributed by atoms with Gasteiger partial charge in [0.2, 0.25) is 0 Å². The average molecular weight is 210 g/mol. The number of hydrogen-bond donors (Lipinski definition) is 1. The molecule has 0 saturated heterocycles. The Morgan fingerprint density at radius 1 is 1.50 bits per heavy atom. The van der Waals surface area contributed by atoms with Crippen molar-refractivity contribution in [3.8, 4) is 0 Å². The first-order valence-corrected chi connectivity index (χ1v) is 5.13. The fourth-order valence-electron chi connectivity index (χ4n) is 1.12. The topological polar surface area (TPSA) is 63.8 Å². The summed E-state index contributed by atoms with van der Waals surface area (Å²) >= 11 is 1.59.